The number of aromatic nitrogens is 3. The van der Waals surface area contributed by atoms with E-state index in [1.165, 1.54) is 0 Å². The second-order valence-electron chi connectivity index (χ2n) is 5.38. The van der Waals surface area contributed by atoms with Gasteiger partial charge in [0.2, 0.25) is 4.96 Å². The molecular formula is C17H13F2N3OS2. The second kappa shape index (κ2) is 6.61. The number of rotatable bonds is 5. The maximum atomic E-state index is 12.2. The van der Waals surface area contributed by atoms with E-state index < -0.39 is 6.61 Å². The number of hydrogen-bond donors (Lipinski definition) is 0. The summed E-state index contributed by atoms with van der Waals surface area (Å²) in [6, 6.07) is 14.8. The van der Waals surface area contributed by atoms with Gasteiger partial charge in [0.05, 0.1) is 10.2 Å². The summed E-state index contributed by atoms with van der Waals surface area (Å²) in [5.41, 5.74) is 2.09. The fourth-order valence-corrected chi connectivity index (χ4v) is 4.59. The number of para-hydroxylation sites is 1. The summed E-state index contributed by atoms with van der Waals surface area (Å²) in [6.07, 6.45) is 0. The molecule has 128 valence electrons. The van der Waals surface area contributed by atoms with Crippen LogP contribution in [0.1, 0.15) is 17.7 Å². The van der Waals surface area contributed by atoms with Crippen molar-refractivity contribution < 1.29 is 13.5 Å². The lowest BCUT2D eigenvalue weighted by molar-refractivity contribution is -0.0498. The van der Waals surface area contributed by atoms with Gasteiger partial charge in [0.1, 0.15) is 5.75 Å². The van der Waals surface area contributed by atoms with Crippen LogP contribution in [-0.4, -0.2) is 21.2 Å². The summed E-state index contributed by atoms with van der Waals surface area (Å²) in [7, 11) is 0. The van der Waals surface area contributed by atoms with Crippen molar-refractivity contribution in [2.45, 2.75) is 23.9 Å². The highest BCUT2D eigenvalue weighted by Crippen LogP contribution is 2.37. The van der Waals surface area contributed by atoms with Crippen molar-refractivity contribution in [1.29, 1.82) is 0 Å². The second-order valence-corrected chi connectivity index (χ2v) is 7.70. The van der Waals surface area contributed by atoms with Crippen molar-refractivity contribution in [3.05, 3.63) is 54.1 Å². The SMILES string of the molecule is CC(Sc1nnc2sc3ccccc3n12)c1ccc(OC(F)F)cc1. The van der Waals surface area contributed by atoms with Crippen molar-refractivity contribution >= 4 is 38.3 Å². The van der Waals surface area contributed by atoms with Crippen LogP contribution in [0.3, 0.4) is 0 Å². The Morgan fingerprint density at radius 3 is 2.60 bits per heavy atom. The lowest BCUT2D eigenvalue weighted by atomic mass is 10.2. The molecule has 0 bridgehead atoms. The first kappa shape index (κ1) is 16.3. The number of thiazole rings is 1. The van der Waals surface area contributed by atoms with Crippen LogP contribution in [0.5, 0.6) is 5.75 Å². The van der Waals surface area contributed by atoms with Crippen LogP contribution in [-0.2, 0) is 0 Å². The topological polar surface area (TPSA) is 39.4 Å². The van der Waals surface area contributed by atoms with E-state index in [4.69, 9.17) is 0 Å². The molecule has 2 heterocycles. The van der Waals surface area contributed by atoms with Gasteiger partial charge in [0.15, 0.2) is 5.16 Å². The minimum absolute atomic E-state index is 0.0895. The molecule has 4 rings (SSSR count). The fraction of sp³-hybridized carbons (Fsp3) is 0.176. The zero-order valence-corrected chi connectivity index (χ0v) is 14.7. The van der Waals surface area contributed by atoms with E-state index in [9.17, 15) is 8.78 Å². The number of benzene rings is 2. The molecule has 2 aromatic carbocycles. The first-order valence-electron chi connectivity index (χ1n) is 7.56. The minimum atomic E-state index is -2.81. The van der Waals surface area contributed by atoms with Crippen molar-refractivity contribution in [3.63, 3.8) is 0 Å². The quantitative estimate of drug-likeness (QED) is 0.437. The van der Waals surface area contributed by atoms with Crippen molar-refractivity contribution in [3.8, 4) is 5.75 Å². The third kappa shape index (κ3) is 3.19. The van der Waals surface area contributed by atoms with E-state index in [2.05, 4.69) is 25.4 Å². The number of alkyl halides is 2. The molecule has 0 N–H and O–H groups in total. The van der Waals surface area contributed by atoms with Crippen LogP contribution in [0, 0.1) is 0 Å². The molecule has 2 aromatic heterocycles. The Bertz CT molecular complexity index is 1010. The number of hydrogen-bond acceptors (Lipinski definition) is 5. The van der Waals surface area contributed by atoms with Gasteiger partial charge in [0.25, 0.3) is 0 Å². The van der Waals surface area contributed by atoms with Crippen LogP contribution in [0.2, 0.25) is 0 Å². The molecule has 4 nitrogen and oxygen atoms in total. The van der Waals surface area contributed by atoms with E-state index in [1.54, 1.807) is 47.4 Å². The standard InChI is InChI=1S/C17H13F2N3OS2/c1-10(11-6-8-12(9-7-11)23-15(18)19)24-16-20-21-17-22(16)13-4-2-3-5-14(13)25-17/h2-10,15H,1H3. The molecule has 1 atom stereocenters. The van der Waals surface area contributed by atoms with Crippen LogP contribution < -0.4 is 4.74 Å². The van der Waals surface area contributed by atoms with Gasteiger partial charge >= 0.3 is 6.61 Å². The minimum Gasteiger partial charge on any atom is -0.435 e. The Balaban J connectivity index is 1.60. The van der Waals surface area contributed by atoms with Gasteiger partial charge in [-0.1, -0.05) is 47.4 Å². The zero-order chi connectivity index (χ0) is 17.4. The highest BCUT2D eigenvalue weighted by atomic mass is 32.2. The summed E-state index contributed by atoms with van der Waals surface area (Å²) >= 11 is 3.18. The third-order valence-electron chi connectivity index (χ3n) is 3.77. The van der Waals surface area contributed by atoms with Crippen LogP contribution >= 0.6 is 23.1 Å². The predicted molar refractivity (Wildman–Crippen MR) is 95.7 cm³/mol. The fourth-order valence-electron chi connectivity index (χ4n) is 2.58. The van der Waals surface area contributed by atoms with E-state index in [-0.39, 0.29) is 11.0 Å². The average molecular weight is 377 g/mol. The molecule has 1 unspecified atom stereocenters. The number of halogens is 2. The molecule has 0 aliphatic heterocycles. The van der Waals surface area contributed by atoms with Crippen molar-refractivity contribution in [1.82, 2.24) is 14.6 Å². The molecular weight excluding hydrogens is 364 g/mol. The molecule has 0 saturated heterocycles. The summed E-state index contributed by atoms with van der Waals surface area (Å²) in [5.74, 6) is 0.157. The summed E-state index contributed by atoms with van der Waals surface area (Å²) in [4.78, 5) is 0.858. The largest absolute Gasteiger partial charge is 0.435 e. The van der Waals surface area contributed by atoms with Crippen LogP contribution in [0.25, 0.3) is 15.2 Å². The number of nitrogens with zero attached hydrogens (tertiary/aromatic N) is 3. The maximum absolute atomic E-state index is 12.2. The van der Waals surface area contributed by atoms with Gasteiger partial charge in [-0.2, -0.15) is 8.78 Å². The van der Waals surface area contributed by atoms with Gasteiger partial charge in [-0.25, -0.2) is 0 Å². The van der Waals surface area contributed by atoms with Gasteiger partial charge in [-0.05, 0) is 36.8 Å². The number of thioether (sulfide) groups is 1. The molecule has 0 fully saturated rings. The first-order valence-corrected chi connectivity index (χ1v) is 9.25. The Kier molecular flexibility index (Phi) is 4.30. The number of ether oxygens (including phenoxy) is 1. The Labute approximate surface area is 150 Å². The van der Waals surface area contributed by atoms with Gasteiger partial charge in [-0.15, -0.1) is 10.2 Å². The molecule has 25 heavy (non-hydrogen) atoms. The maximum Gasteiger partial charge on any atom is 0.387 e. The number of fused-ring (bicyclic) bond motifs is 3. The molecule has 0 radical (unpaired) electrons. The van der Waals surface area contributed by atoms with Crippen molar-refractivity contribution in [2.75, 3.05) is 0 Å². The zero-order valence-electron chi connectivity index (χ0n) is 13.1. The monoisotopic (exact) mass is 377 g/mol. The molecule has 0 aliphatic rings. The van der Waals surface area contributed by atoms with Gasteiger partial charge in [0, 0.05) is 5.25 Å². The first-order chi connectivity index (χ1) is 12.1. The molecule has 4 aromatic rings. The molecule has 0 saturated carbocycles. The average Bonchev–Trinajstić information content (AvgIpc) is 3.15. The van der Waals surface area contributed by atoms with Gasteiger partial charge in [-0.3, -0.25) is 4.40 Å². The van der Waals surface area contributed by atoms with Crippen LogP contribution in [0.15, 0.2) is 53.7 Å². The molecule has 8 heteroatoms. The Morgan fingerprint density at radius 2 is 1.84 bits per heavy atom. The van der Waals surface area contributed by atoms with E-state index in [0.717, 1.165) is 25.9 Å². The van der Waals surface area contributed by atoms with Crippen molar-refractivity contribution in [2.24, 2.45) is 0 Å². The third-order valence-corrected chi connectivity index (χ3v) is 5.88. The summed E-state index contributed by atoms with van der Waals surface area (Å²) in [6.45, 7) is -0.766. The normalized spacial score (nSPS) is 13.0. The van der Waals surface area contributed by atoms with E-state index >= 15 is 0 Å². The Morgan fingerprint density at radius 1 is 1.08 bits per heavy atom. The summed E-state index contributed by atoms with van der Waals surface area (Å²) in [5, 5.41) is 9.45. The van der Waals surface area contributed by atoms with E-state index in [1.807, 2.05) is 25.1 Å². The van der Waals surface area contributed by atoms with Crippen LogP contribution in [0.4, 0.5) is 8.78 Å². The summed E-state index contributed by atoms with van der Waals surface area (Å²) < 4.78 is 32.1. The molecule has 0 amide bonds. The Hall–Kier alpha value is -2.19. The predicted octanol–water partition coefficient (Wildman–Crippen LogP) is 5.40. The molecule has 0 spiro atoms. The highest BCUT2D eigenvalue weighted by molar-refractivity contribution is 7.99. The highest BCUT2D eigenvalue weighted by Gasteiger charge is 2.16. The molecule has 0 aliphatic carbocycles. The lowest BCUT2D eigenvalue weighted by Crippen LogP contribution is -2.01. The van der Waals surface area contributed by atoms with E-state index in [0.29, 0.717) is 0 Å². The van der Waals surface area contributed by atoms with Gasteiger partial charge < -0.3 is 4.74 Å². The smallest absolute Gasteiger partial charge is 0.387 e. The lowest BCUT2D eigenvalue weighted by Gasteiger charge is -2.11.